The molecule has 1 amide bonds. The molecule has 2 aromatic heterocycles. The van der Waals surface area contributed by atoms with E-state index in [1.807, 2.05) is 32.0 Å². The highest BCUT2D eigenvalue weighted by Crippen LogP contribution is 2.48. The number of nitrogens with one attached hydrogen (secondary N) is 1. The van der Waals surface area contributed by atoms with Crippen LogP contribution in [0.3, 0.4) is 0 Å². The van der Waals surface area contributed by atoms with E-state index in [-0.39, 0.29) is 17.3 Å². The maximum absolute atomic E-state index is 13.3. The molecule has 4 aromatic rings. The van der Waals surface area contributed by atoms with Crippen molar-refractivity contribution in [2.75, 3.05) is 14.2 Å². The molecule has 1 fully saturated rings. The average molecular weight is 660 g/mol. The van der Waals surface area contributed by atoms with Crippen LogP contribution in [0, 0.1) is 0 Å². The molecule has 0 unspecified atom stereocenters. The van der Waals surface area contributed by atoms with Gasteiger partial charge in [-0.05, 0) is 94.0 Å². The van der Waals surface area contributed by atoms with E-state index in [9.17, 15) is 18.0 Å². The summed E-state index contributed by atoms with van der Waals surface area (Å²) in [5.41, 5.74) is 6.63. The van der Waals surface area contributed by atoms with Gasteiger partial charge in [0, 0.05) is 33.6 Å². The molecule has 6 rings (SSSR count). The monoisotopic (exact) mass is 659 g/mol. The summed E-state index contributed by atoms with van der Waals surface area (Å²) in [7, 11) is -0.882. The number of amides is 1. The van der Waals surface area contributed by atoms with E-state index in [4.69, 9.17) is 9.47 Å². The minimum absolute atomic E-state index is 0.110. The van der Waals surface area contributed by atoms with Crippen molar-refractivity contribution >= 4 is 44.5 Å². The summed E-state index contributed by atoms with van der Waals surface area (Å²) in [6, 6.07) is 11.3. The summed E-state index contributed by atoms with van der Waals surface area (Å²) in [4.78, 5) is 26.4. The van der Waals surface area contributed by atoms with Gasteiger partial charge < -0.3 is 14.0 Å². The van der Waals surface area contributed by atoms with E-state index in [1.165, 1.54) is 32.9 Å². The van der Waals surface area contributed by atoms with Crippen LogP contribution in [0.4, 0.5) is 0 Å². The van der Waals surface area contributed by atoms with Gasteiger partial charge in [0.2, 0.25) is 10.0 Å². The molecule has 1 saturated carbocycles. The van der Waals surface area contributed by atoms with E-state index >= 15 is 0 Å². The molecule has 12 heteroatoms. The molecule has 0 bridgehead atoms. The van der Waals surface area contributed by atoms with Crippen LogP contribution in [0.5, 0.6) is 5.75 Å². The molecule has 3 heterocycles. The fraction of sp³-hybridized carbons (Fsp3) is 0.429. The van der Waals surface area contributed by atoms with Crippen LogP contribution in [0.2, 0.25) is 0 Å². The van der Waals surface area contributed by atoms with Crippen LogP contribution in [-0.4, -0.2) is 59.3 Å². The van der Waals surface area contributed by atoms with Crippen molar-refractivity contribution in [3.05, 3.63) is 64.5 Å². The topological polar surface area (TPSA) is 134 Å². The molecule has 248 valence electrons. The maximum Gasteiger partial charge on any atom is 0.360 e. The predicted molar refractivity (Wildman–Crippen MR) is 181 cm³/mol. The second-order valence-electron chi connectivity index (χ2n) is 12.9. The molecule has 1 aliphatic carbocycles. The van der Waals surface area contributed by atoms with Crippen molar-refractivity contribution in [1.82, 2.24) is 24.3 Å². The van der Waals surface area contributed by atoms with Gasteiger partial charge >= 0.3 is 5.97 Å². The number of rotatable bonds is 8. The standard InChI is InChI=1S/C35H41N5O6S/c1-20(2)40-32(31(36-38-40)35(42)46-6)25-16-24-17-26(45-5)13-15-27(24)33-30(22-10-8-7-9-11-22)28-14-12-23(18-29(28)39(33)19-25)34(41)37-47(43,44)21(3)4/h12-18,20-22H,7-11,19H2,1-6H3,(H,37,41). The number of sulfonamides is 1. The Morgan fingerprint density at radius 3 is 2.38 bits per heavy atom. The normalized spacial score (nSPS) is 15.3. The Morgan fingerprint density at radius 1 is 0.979 bits per heavy atom. The number of benzene rings is 2. The van der Waals surface area contributed by atoms with Gasteiger partial charge in [0.25, 0.3) is 5.91 Å². The SMILES string of the molecule is COC(=O)c1nnn(C(C)C)c1C1=Cc2cc(OC)ccc2-c2c(C3CCCCC3)c3ccc(C(=O)NS(=O)(=O)C(C)C)cc3n2C1. The van der Waals surface area contributed by atoms with Gasteiger partial charge in [0.15, 0.2) is 5.69 Å². The van der Waals surface area contributed by atoms with Crippen molar-refractivity contribution in [1.29, 1.82) is 0 Å². The average Bonchev–Trinajstić information content (AvgIpc) is 3.59. The molecule has 2 aromatic carbocycles. The number of carbonyl (C=O) groups excluding carboxylic acids is 2. The Labute approximate surface area is 275 Å². The zero-order valence-electron chi connectivity index (χ0n) is 27.7. The molecule has 47 heavy (non-hydrogen) atoms. The Hall–Kier alpha value is -4.45. The minimum Gasteiger partial charge on any atom is -0.497 e. The highest BCUT2D eigenvalue weighted by atomic mass is 32.2. The first-order valence-electron chi connectivity index (χ1n) is 16.1. The third kappa shape index (κ3) is 5.83. The van der Waals surface area contributed by atoms with Crippen molar-refractivity contribution < 1.29 is 27.5 Å². The second kappa shape index (κ2) is 12.6. The fourth-order valence-corrected chi connectivity index (χ4v) is 7.43. The number of hydrogen-bond donors (Lipinski definition) is 1. The summed E-state index contributed by atoms with van der Waals surface area (Å²) in [6.45, 7) is 7.33. The quantitative estimate of drug-likeness (QED) is 0.217. The number of allylic oxidation sites excluding steroid dienone is 1. The van der Waals surface area contributed by atoms with E-state index in [1.54, 1.807) is 23.9 Å². The van der Waals surface area contributed by atoms with Crippen LogP contribution in [0.25, 0.3) is 33.8 Å². The van der Waals surface area contributed by atoms with Crippen molar-refractivity contribution in [3.63, 3.8) is 0 Å². The summed E-state index contributed by atoms with van der Waals surface area (Å²) in [5.74, 6) is -0.278. The van der Waals surface area contributed by atoms with Crippen molar-refractivity contribution in [3.8, 4) is 17.0 Å². The minimum atomic E-state index is -3.84. The summed E-state index contributed by atoms with van der Waals surface area (Å²) in [6.07, 6.45) is 7.60. The zero-order valence-corrected chi connectivity index (χ0v) is 28.5. The number of fused-ring (bicyclic) bond motifs is 5. The van der Waals surface area contributed by atoms with E-state index in [2.05, 4.69) is 31.7 Å². The lowest BCUT2D eigenvalue weighted by atomic mass is 9.81. The number of esters is 1. The Morgan fingerprint density at radius 2 is 1.72 bits per heavy atom. The molecule has 0 atom stereocenters. The summed E-state index contributed by atoms with van der Waals surface area (Å²) < 4.78 is 42.2. The first-order valence-corrected chi connectivity index (χ1v) is 17.6. The van der Waals surface area contributed by atoms with Gasteiger partial charge in [-0.3, -0.25) is 4.79 Å². The molecular weight excluding hydrogens is 618 g/mol. The number of hydrogen-bond acceptors (Lipinski definition) is 8. The number of ether oxygens (including phenoxy) is 2. The smallest absolute Gasteiger partial charge is 0.360 e. The van der Waals surface area contributed by atoms with Crippen molar-refractivity contribution in [2.45, 2.75) is 83.6 Å². The maximum atomic E-state index is 13.3. The number of nitrogens with zero attached hydrogens (tertiary/aromatic N) is 4. The van der Waals surface area contributed by atoms with Crippen LogP contribution in [0.1, 0.15) is 109 Å². The highest BCUT2D eigenvalue weighted by Gasteiger charge is 2.33. The first-order chi connectivity index (χ1) is 22.4. The highest BCUT2D eigenvalue weighted by molar-refractivity contribution is 7.90. The van der Waals surface area contributed by atoms with Crippen molar-refractivity contribution in [2.24, 2.45) is 0 Å². The molecule has 0 spiro atoms. The largest absolute Gasteiger partial charge is 0.497 e. The second-order valence-corrected chi connectivity index (χ2v) is 15.1. The molecule has 0 radical (unpaired) electrons. The fourth-order valence-electron chi connectivity index (χ4n) is 6.82. The van der Waals surface area contributed by atoms with Gasteiger partial charge in [-0.15, -0.1) is 5.10 Å². The lowest BCUT2D eigenvalue weighted by Gasteiger charge is -2.24. The van der Waals surface area contributed by atoms with Crippen LogP contribution >= 0.6 is 0 Å². The molecule has 2 aliphatic rings. The molecule has 11 nitrogen and oxygen atoms in total. The van der Waals surface area contributed by atoms with Gasteiger partial charge in [0.05, 0.1) is 31.7 Å². The molecule has 0 saturated heterocycles. The summed E-state index contributed by atoms with van der Waals surface area (Å²) >= 11 is 0. The van der Waals surface area contributed by atoms with Crippen LogP contribution < -0.4 is 9.46 Å². The molecule has 1 aliphatic heterocycles. The van der Waals surface area contributed by atoms with Gasteiger partial charge in [-0.2, -0.15) is 0 Å². The van der Waals surface area contributed by atoms with E-state index in [0.29, 0.717) is 23.9 Å². The third-order valence-electron chi connectivity index (χ3n) is 9.27. The van der Waals surface area contributed by atoms with Crippen LogP contribution in [0.15, 0.2) is 36.4 Å². The Kier molecular flexibility index (Phi) is 8.73. The van der Waals surface area contributed by atoms with E-state index < -0.39 is 27.1 Å². The molecular formula is C35H41N5O6S. The van der Waals surface area contributed by atoms with Crippen LogP contribution in [-0.2, 0) is 21.3 Å². The lowest BCUT2D eigenvalue weighted by molar-refractivity contribution is 0.0593. The zero-order chi connectivity index (χ0) is 33.6. The number of aromatic nitrogens is 4. The Bertz CT molecular complexity index is 2010. The van der Waals surface area contributed by atoms with E-state index in [0.717, 1.165) is 59.0 Å². The number of methoxy groups -OCH3 is 2. The van der Waals surface area contributed by atoms with Gasteiger partial charge in [-0.25, -0.2) is 22.6 Å². The Balaban J connectivity index is 1.65. The first kappa shape index (κ1) is 32.5. The molecule has 1 N–H and O–H groups in total. The number of carbonyl (C=O) groups is 2. The van der Waals surface area contributed by atoms with Gasteiger partial charge in [-0.1, -0.05) is 30.5 Å². The lowest BCUT2D eigenvalue weighted by Crippen LogP contribution is -2.35. The summed E-state index contributed by atoms with van der Waals surface area (Å²) in [5, 5.41) is 8.84. The predicted octanol–water partition coefficient (Wildman–Crippen LogP) is 6.35. The third-order valence-corrected chi connectivity index (χ3v) is 11.0. The van der Waals surface area contributed by atoms with Gasteiger partial charge in [0.1, 0.15) is 11.4 Å².